The van der Waals surface area contributed by atoms with Gasteiger partial charge in [0.15, 0.2) is 0 Å². The third-order valence-corrected chi connectivity index (χ3v) is 4.12. The maximum absolute atomic E-state index is 12.8. The second-order valence-corrected chi connectivity index (χ2v) is 5.87. The number of carbonyl (C=O) groups excluding carboxylic acids is 2. The number of phenolic OH excluding ortho intramolecular Hbond substituents is 1. The fraction of sp³-hybridized carbons (Fsp3) is 0.263. The number of cyclic esters (lactones) is 1. The van der Waals surface area contributed by atoms with Gasteiger partial charge in [-0.3, -0.25) is 9.69 Å². The molecule has 6 nitrogen and oxygen atoms in total. The zero-order valence-electron chi connectivity index (χ0n) is 13.7. The fourth-order valence-electron chi connectivity index (χ4n) is 2.83. The number of anilines is 1. The molecule has 0 aromatic heterocycles. The van der Waals surface area contributed by atoms with Crippen LogP contribution in [-0.2, 0) is 16.0 Å². The number of nitrogens with zero attached hydrogens (tertiary/aromatic N) is 1. The van der Waals surface area contributed by atoms with Crippen molar-refractivity contribution in [3.8, 4) is 5.75 Å². The number of hydrogen-bond acceptors (Lipinski definition) is 4. The number of para-hydroxylation sites is 2. The van der Waals surface area contributed by atoms with Crippen LogP contribution in [0.4, 0.5) is 10.5 Å². The van der Waals surface area contributed by atoms with E-state index in [1.54, 1.807) is 18.2 Å². The molecule has 0 spiro atoms. The fourth-order valence-corrected chi connectivity index (χ4v) is 2.83. The van der Waals surface area contributed by atoms with E-state index in [0.29, 0.717) is 31.7 Å². The highest BCUT2D eigenvalue weighted by molar-refractivity contribution is 5.97. The van der Waals surface area contributed by atoms with Crippen LogP contribution in [-0.4, -0.2) is 41.2 Å². The number of benzene rings is 2. The summed E-state index contributed by atoms with van der Waals surface area (Å²) in [6, 6.07) is 15.3. The number of hydrogen-bond donors (Lipinski definition) is 2. The van der Waals surface area contributed by atoms with Gasteiger partial charge in [-0.1, -0.05) is 42.5 Å². The Labute approximate surface area is 146 Å². The predicted octanol–water partition coefficient (Wildman–Crippen LogP) is 2.78. The van der Waals surface area contributed by atoms with Gasteiger partial charge in [0.25, 0.3) is 0 Å². The smallest absolute Gasteiger partial charge is 0.410 e. The minimum Gasteiger partial charge on any atom is -0.506 e. The van der Waals surface area contributed by atoms with Crippen LogP contribution in [0.3, 0.4) is 0 Å². The molecule has 0 radical (unpaired) electrons. The molecule has 1 heterocycles. The second kappa shape index (κ2) is 7.70. The monoisotopic (exact) mass is 340 g/mol. The number of phenols is 1. The van der Waals surface area contributed by atoms with Gasteiger partial charge in [0, 0.05) is 13.0 Å². The molecule has 0 aliphatic carbocycles. The number of rotatable bonds is 5. The molecule has 0 saturated carbocycles. The zero-order chi connectivity index (χ0) is 17.6. The summed E-state index contributed by atoms with van der Waals surface area (Å²) in [7, 11) is 0. The minimum absolute atomic E-state index is 0.0180. The van der Waals surface area contributed by atoms with Crippen LogP contribution in [0.5, 0.6) is 5.75 Å². The van der Waals surface area contributed by atoms with E-state index in [2.05, 4.69) is 5.32 Å². The highest BCUT2D eigenvalue weighted by Crippen LogP contribution is 2.23. The van der Waals surface area contributed by atoms with E-state index in [0.717, 1.165) is 5.56 Å². The summed E-state index contributed by atoms with van der Waals surface area (Å²) in [4.78, 5) is 26.4. The van der Waals surface area contributed by atoms with Gasteiger partial charge in [0.1, 0.15) is 11.8 Å². The first-order valence-corrected chi connectivity index (χ1v) is 8.21. The van der Waals surface area contributed by atoms with E-state index in [1.807, 2.05) is 30.3 Å². The van der Waals surface area contributed by atoms with E-state index in [9.17, 15) is 14.7 Å². The second-order valence-electron chi connectivity index (χ2n) is 5.87. The third kappa shape index (κ3) is 4.09. The Hall–Kier alpha value is -3.02. The Bertz CT molecular complexity index is 748. The van der Waals surface area contributed by atoms with Gasteiger partial charge < -0.3 is 15.2 Å². The molecule has 2 aromatic carbocycles. The highest BCUT2D eigenvalue weighted by atomic mass is 16.6. The van der Waals surface area contributed by atoms with Gasteiger partial charge in [0.2, 0.25) is 5.91 Å². The van der Waals surface area contributed by atoms with Crippen LogP contribution in [0.2, 0.25) is 0 Å². The lowest BCUT2D eigenvalue weighted by Gasteiger charge is -2.33. The van der Waals surface area contributed by atoms with Crippen molar-refractivity contribution in [2.75, 3.05) is 18.5 Å². The van der Waals surface area contributed by atoms with E-state index >= 15 is 0 Å². The Morgan fingerprint density at radius 1 is 1.16 bits per heavy atom. The number of amides is 2. The van der Waals surface area contributed by atoms with Gasteiger partial charge in [-0.15, -0.1) is 0 Å². The van der Waals surface area contributed by atoms with Crippen LogP contribution in [0, 0.1) is 0 Å². The maximum atomic E-state index is 12.8. The molecule has 1 atom stereocenters. The molecule has 2 N–H and O–H groups in total. The maximum Gasteiger partial charge on any atom is 0.410 e. The summed E-state index contributed by atoms with van der Waals surface area (Å²) < 4.78 is 5.09. The lowest BCUT2D eigenvalue weighted by molar-refractivity contribution is -0.121. The van der Waals surface area contributed by atoms with Crippen LogP contribution >= 0.6 is 0 Å². The van der Waals surface area contributed by atoms with Crippen molar-refractivity contribution in [3.63, 3.8) is 0 Å². The van der Waals surface area contributed by atoms with Crippen molar-refractivity contribution in [2.45, 2.75) is 18.9 Å². The van der Waals surface area contributed by atoms with Crippen LogP contribution in [0.1, 0.15) is 12.0 Å². The Morgan fingerprint density at radius 3 is 2.60 bits per heavy atom. The summed E-state index contributed by atoms with van der Waals surface area (Å²) in [5, 5.41) is 12.6. The molecule has 130 valence electrons. The Balaban J connectivity index is 1.83. The third-order valence-electron chi connectivity index (χ3n) is 4.12. The van der Waals surface area contributed by atoms with Crippen molar-refractivity contribution in [1.82, 2.24) is 4.90 Å². The van der Waals surface area contributed by atoms with E-state index in [4.69, 9.17) is 4.74 Å². The van der Waals surface area contributed by atoms with Gasteiger partial charge in [-0.05, 0) is 24.1 Å². The molecular weight excluding hydrogens is 320 g/mol. The zero-order valence-corrected chi connectivity index (χ0v) is 13.7. The van der Waals surface area contributed by atoms with Crippen molar-refractivity contribution < 1.29 is 19.4 Å². The summed E-state index contributed by atoms with van der Waals surface area (Å²) in [6.45, 7) is 0.832. The standard InChI is InChI=1S/C19H20N2O4/c22-17-10-5-4-9-15(17)20-18(23)16(13-14-7-2-1-3-8-14)21-11-6-12-25-19(21)24/h1-5,7-10,16,22H,6,11-13H2,(H,20,23)/t16-/m0/s1. The molecule has 2 amide bonds. The van der Waals surface area contributed by atoms with Crippen molar-refractivity contribution in [3.05, 3.63) is 60.2 Å². The number of ether oxygens (including phenoxy) is 1. The largest absolute Gasteiger partial charge is 0.506 e. The lowest BCUT2D eigenvalue weighted by atomic mass is 10.0. The minimum atomic E-state index is -0.713. The van der Waals surface area contributed by atoms with Crippen molar-refractivity contribution in [2.24, 2.45) is 0 Å². The average molecular weight is 340 g/mol. The molecule has 1 aliphatic rings. The van der Waals surface area contributed by atoms with Crippen LogP contribution < -0.4 is 5.32 Å². The predicted molar refractivity (Wildman–Crippen MR) is 93.3 cm³/mol. The topological polar surface area (TPSA) is 78.9 Å². The average Bonchev–Trinajstić information content (AvgIpc) is 2.63. The Kier molecular flexibility index (Phi) is 5.18. The first kappa shape index (κ1) is 16.8. The molecule has 2 aromatic rings. The quantitative estimate of drug-likeness (QED) is 0.821. The lowest BCUT2D eigenvalue weighted by Crippen LogP contribution is -2.51. The van der Waals surface area contributed by atoms with E-state index < -0.39 is 12.1 Å². The van der Waals surface area contributed by atoms with Gasteiger partial charge in [0.05, 0.1) is 12.3 Å². The first-order chi connectivity index (χ1) is 12.1. The Morgan fingerprint density at radius 2 is 1.88 bits per heavy atom. The van der Waals surface area contributed by atoms with Crippen LogP contribution in [0.15, 0.2) is 54.6 Å². The summed E-state index contributed by atoms with van der Waals surface area (Å²) in [5.41, 5.74) is 1.26. The number of nitrogens with one attached hydrogen (secondary N) is 1. The van der Waals surface area contributed by atoms with E-state index in [1.165, 1.54) is 11.0 Å². The molecule has 25 heavy (non-hydrogen) atoms. The summed E-state index contributed by atoms with van der Waals surface area (Å²) in [5.74, 6) is -0.375. The van der Waals surface area contributed by atoms with Gasteiger partial charge >= 0.3 is 6.09 Å². The molecule has 3 rings (SSSR count). The van der Waals surface area contributed by atoms with Gasteiger partial charge in [-0.25, -0.2) is 4.79 Å². The molecular formula is C19H20N2O4. The normalized spacial score (nSPS) is 15.4. The number of aromatic hydroxyl groups is 1. The highest BCUT2D eigenvalue weighted by Gasteiger charge is 2.33. The van der Waals surface area contributed by atoms with Gasteiger partial charge in [-0.2, -0.15) is 0 Å². The number of carbonyl (C=O) groups is 2. The van der Waals surface area contributed by atoms with E-state index in [-0.39, 0.29) is 11.7 Å². The molecule has 0 unspecified atom stereocenters. The molecule has 1 saturated heterocycles. The van der Waals surface area contributed by atoms with Crippen molar-refractivity contribution >= 4 is 17.7 Å². The summed E-state index contributed by atoms with van der Waals surface area (Å²) >= 11 is 0. The van der Waals surface area contributed by atoms with Crippen molar-refractivity contribution in [1.29, 1.82) is 0 Å². The molecule has 1 aliphatic heterocycles. The summed E-state index contributed by atoms with van der Waals surface area (Å²) in [6.07, 6.45) is 0.565. The molecule has 1 fully saturated rings. The first-order valence-electron chi connectivity index (χ1n) is 8.21. The SMILES string of the molecule is O=C(Nc1ccccc1O)[C@H](Cc1ccccc1)N1CCCOC1=O. The molecule has 6 heteroatoms. The van der Waals surface area contributed by atoms with Crippen LogP contribution in [0.25, 0.3) is 0 Å². The molecule has 0 bridgehead atoms.